The minimum absolute atomic E-state index is 0.0783. The summed E-state index contributed by atoms with van der Waals surface area (Å²) in [7, 11) is -1.41. The molecule has 2 aromatic rings. The van der Waals surface area contributed by atoms with Crippen molar-refractivity contribution in [2.75, 3.05) is 31.5 Å². The molecule has 0 fully saturated rings. The molecule has 2 rings (SSSR count). The Hall–Kier alpha value is -2.69. The van der Waals surface area contributed by atoms with E-state index in [0.717, 1.165) is 39.1 Å². The first-order chi connectivity index (χ1) is 17.0. The Balaban J connectivity index is 2.45. The van der Waals surface area contributed by atoms with Gasteiger partial charge in [-0.1, -0.05) is 44.0 Å². The Morgan fingerprint density at radius 3 is 2.17 bits per heavy atom. The fourth-order valence-corrected chi connectivity index (χ4v) is 4.72. The van der Waals surface area contributed by atoms with Gasteiger partial charge < -0.3 is 10.2 Å². The van der Waals surface area contributed by atoms with Crippen LogP contribution in [0.25, 0.3) is 0 Å². The van der Waals surface area contributed by atoms with Crippen LogP contribution in [-0.4, -0.2) is 62.7 Å². The first-order valence-electron chi connectivity index (χ1n) is 11.8. The van der Waals surface area contributed by atoms with E-state index in [4.69, 9.17) is 11.6 Å². The Bertz CT molecular complexity index is 1110. The summed E-state index contributed by atoms with van der Waals surface area (Å²) in [6.07, 6.45) is 2.03. The zero-order chi connectivity index (χ0) is 26.9. The lowest BCUT2D eigenvalue weighted by Crippen LogP contribution is -2.53. The number of hydrogen-bond acceptors (Lipinski definition) is 4. The van der Waals surface area contributed by atoms with E-state index in [2.05, 4.69) is 5.32 Å². The lowest BCUT2D eigenvalue weighted by molar-refractivity contribution is -0.140. The number of unbranched alkanes of at least 4 members (excludes halogenated alkanes) is 1. The second kappa shape index (κ2) is 13.6. The van der Waals surface area contributed by atoms with E-state index in [1.54, 1.807) is 31.2 Å². The normalized spacial score (nSPS) is 12.3. The van der Waals surface area contributed by atoms with Crippen molar-refractivity contribution in [2.24, 2.45) is 0 Å². The Labute approximate surface area is 218 Å². The van der Waals surface area contributed by atoms with Crippen LogP contribution < -0.4 is 9.62 Å². The highest BCUT2D eigenvalue weighted by Gasteiger charge is 2.33. The molecule has 2 aromatic carbocycles. The van der Waals surface area contributed by atoms with Crippen LogP contribution in [0.2, 0.25) is 5.02 Å². The first-order valence-corrected chi connectivity index (χ1v) is 13.6. The molecule has 0 aliphatic heterocycles. The van der Waals surface area contributed by atoms with Gasteiger partial charge in [0.2, 0.25) is 11.8 Å². The number of carbonyl (C=O) groups excluding carboxylic acids is 2. The molecule has 1 atom stereocenters. The van der Waals surface area contributed by atoms with Gasteiger partial charge in [0, 0.05) is 32.2 Å². The standard InChI is InChI=1S/C25H34ClFN4O4S/c1-5-7-16-28-25(33)23(6-2)30(17-19-8-10-20(26)11-9-19)24(32)18-31(36(34,35)29(3)4)22-14-12-21(27)13-15-22/h8-15,23H,5-7,16-18H2,1-4H3,(H,28,33)/t23-/m1/s1. The highest BCUT2D eigenvalue weighted by molar-refractivity contribution is 7.90. The van der Waals surface area contributed by atoms with E-state index in [0.29, 0.717) is 18.0 Å². The van der Waals surface area contributed by atoms with Gasteiger partial charge in [-0.15, -0.1) is 0 Å². The maximum atomic E-state index is 13.7. The van der Waals surface area contributed by atoms with Crippen LogP contribution in [0.4, 0.5) is 10.1 Å². The molecule has 2 amide bonds. The first kappa shape index (κ1) is 29.5. The summed E-state index contributed by atoms with van der Waals surface area (Å²) in [5, 5.41) is 3.40. The zero-order valence-corrected chi connectivity index (χ0v) is 22.7. The number of nitrogens with one attached hydrogen (secondary N) is 1. The van der Waals surface area contributed by atoms with Gasteiger partial charge in [0.15, 0.2) is 0 Å². The third kappa shape index (κ3) is 7.91. The molecular weight excluding hydrogens is 507 g/mol. The molecule has 8 nitrogen and oxygen atoms in total. The lowest BCUT2D eigenvalue weighted by atomic mass is 10.1. The maximum absolute atomic E-state index is 13.7. The average Bonchev–Trinajstić information content (AvgIpc) is 2.84. The lowest BCUT2D eigenvalue weighted by Gasteiger charge is -2.34. The van der Waals surface area contributed by atoms with Gasteiger partial charge in [0.1, 0.15) is 18.4 Å². The smallest absolute Gasteiger partial charge is 0.304 e. The van der Waals surface area contributed by atoms with Crippen molar-refractivity contribution in [3.05, 3.63) is 64.9 Å². The van der Waals surface area contributed by atoms with Crippen LogP contribution in [0.3, 0.4) is 0 Å². The van der Waals surface area contributed by atoms with Crippen LogP contribution in [0.15, 0.2) is 48.5 Å². The molecule has 1 N–H and O–H groups in total. The number of carbonyl (C=O) groups is 2. The van der Waals surface area contributed by atoms with E-state index in [-0.39, 0.29) is 18.1 Å². The van der Waals surface area contributed by atoms with Crippen molar-refractivity contribution >= 4 is 39.3 Å². The molecule has 0 saturated heterocycles. The second-order valence-electron chi connectivity index (χ2n) is 8.49. The monoisotopic (exact) mass is 540 g/mol. The minimum Gasteiger partial charge on any atom is -0.354 e. The Kier molecular flexibility index (Phi) is 11.1. The van der Waals surface area contributed by atoms with Gasteiger partial charge in [0.05, 0.1) is 5.69 Å². The highest BCUT2D eigenvalue weighted by atomic mass is 35.5. The number of nitrogens with zero attached hydrogens (tertiary/aromatic N) is 3. The van der Waals surface area contributed by atoms with Crippen molar-refractivity contribution in [3.63, 3.8) is 0 Å². The van der Waals surface area contributed by atoms with Crippen molar-refractivity contribution in [1.82, 2.24) is 14.5 Å². The molecular formula is C25H34ClFN4O4S. The third-order valence-electron chi connectivity index (χ3n) is 5.62. The van der Waals surface area contributed by atoms with Crippen LogP contribution >= 0.6 is 11.6 Å². The van der Waals surface area contributed by atoms with E-state index in [9.17, 15) is 22.4 Å². The average molecular weight is 541 g/mol. The van der Waals surface area contributed by atoms with Crippen LogP contribution in [-0.2, 0) is 26.3 Å². The largest absolute Gasteiger partial charge is 0.354 e. The summed E-state index contributed by atoms with van der Waals surface area (Å²) in [4.78, 5) is 28.1. The molecule has 0 radical (unpaired) electrons. The predicted octanol–water partition coefficient (Wildman–Crippen LogP) is 3.82. The van der Waals surface area contributed by atoms with Crippen molar-refractivity contribution in [2.45, 2.75) is 45.7 Å². The van der Waals surface area contributed by atoms with Crippen LogP contribution in [0.1, 0.15) is 38.7 Å². The number of rotatable bonds is 13. The maximum Gasteiger partial charge on any atom is 0.304 e. The molecule has 0 bridgehead atoms. The van der Waals surface area contributed by atoms with Crippen molar-refractivity contribution < 1.29 is 22.4 Å². The number of hydrogen-bond donors (Lipinski definition) is 1. The van der Waals surface area contributed by atoms with E-state index in [1.807, 2.05) is 6.92 Å². The van der Waals surface area contributed by atoms with Crippen LogP contribution in [0.5, 0.6) is 0 Å². The van der Waals surface area contributed by atoms with Gasteiger partial charge in [-0.2, -0.15) is 12.7 Å². The van der Waals surface area contributed by atoms with Gasteiger partial charge in [0.25, 0.3) is 0 Å². The quantitative estimate of drug-likeness (QED) is 0.391. The van der Waals surface area contributed by atoms with E-state index in [1.165, 1.54) is 31.1 Å². The minimum atomic E-state index is -4.10. The molecule has 0 unspecified atom stereocenters. The molecule has 198 valence electrons. The van der Waals surface area contributed by atoms with Gasteiger partial charge in [-0.3, -0.25) is 9.59 Å². The van der Waals surface area contributed by atoms with Crippen LogP contribution in [0, 0.1) is 5.82 Å². The molecule has 0 saturated carbocycles. The SMILES string of the molecule is CCCCNC(=O)[C@@H](CC)N(Cc1ccc(Cl)cc1)C(=O)CN(c1ccc(F)cc1)S(=O)(=O)N(C)C. The topological polar surface area (TPSA) is 90.0 Å². The van der Waals surface area contributed by atoms with Gasteiger partial charge in [-0.25, -0.2) is 8.70 Å². The number of benzene rings is 2. The summed E-state index contributed by atoms with van der Waals surface area (Å²) in [6.45, 7) is 3.79. The molecule has 0 heterocycles. The summed E-state index contributed by atoms with van der Waals surface area (Å²) in [5.41, 5.74) is 0.863. The van der Waals surface area contributed by atoms with Gasteiger partial charge >= 0.3 is 10.2 Å². The molecule has 0 aliphatic rings. The summed E-state index contributed by atoms with van der Waals surface area (Å²) in [6, 6.07) is 10.9. The van der Waals surface area contributed by atoms with Gasteiger partial charge in [-0.05, 0) is 54.8 Å². The molecule has 0 aliphatic carbocycles. The Morgan fingerprint density at radius 1 is 1.03 bits per heavy atom. The van der Waals surface area contributed by atoms with E-state index >= 15 is 0 Å². The predicted molar refractivity (Wildman–Crippen MR) is 140 cm³/mol. The third-order valence-corrected chi connectivity index (χ3v) is 7.69. The fourth-order valence-electron chi connectivity index (χ4n) is 3.54. The second-order valence-corrected chi connectivity index (χ2v) is 11.0. The number of halogens is 2. The Morgan fingerprint density at radius 2 is 1.64 bits per heavy atom. The number of amides is 2. The molecule has 11 heteroatoms. The molecule has 0 aromatic heterocycles. The van der Waals surface area contributed by atoms with Crippen molar-refractivity contribution in [1.29, 1.82) is 0 Å². The fraction of sp³-hybridized carbons (Fsp3) is 0.440. The van der Waals surface area contributed by atoms with Crippen molar-refractivity contribution in [3.8, 4) is 0 Å². The molecule has 0 spiro atoms. The molecule has 36 heavy (non-hydrogen) atoms. The summed E-state index contributed by atoms with van der Waals surface area (Å²) >= 11 is 6.00. The summed E-state index contributed by atoms with van der Waals surface area (Å²) < 4.78 is 41.6. The highest BCUT2D eigenvalue weighted by Crippen LogP contribution is 2.22. The zero-order valence-electron chi connectivity index (χ0n) is 21.1. The van der Waals surface area contributed by atoms with E-state index < -0.39 is 34.5 Å². The summed E-state index contributed by atoms with van der Waals surface area (Å²) in [5.74, 6) is -1.42. The number of anilines is 1.